The molecular weight excluding hydrogens is 306 g/mol. The molecule has 17 heavy (non-hydrogen) atoms. The van der Waals surface area contributed by atoms with E-state index in [1.54, 1.807) is 0 Å². The van der Waals surface area contributed by atoms with Gasteiger partial charge in [0, 0.05) is 5.41 Å². The molecule has 0 bridgehead atoms. The Morgan fingerprint density at radius 3 is 2.59 bits per heavy atom. The van der Waals surface area contributed by atoms with Gasteiger partial charge in [0.05, 0.1) is 0 Å². The van der Waals surface area contributed by atoms with E-state index in [1.807, 2.05) is 0 Å². The molecular formula is C8H10ClNO4S3. The maximum atomic E-state index is 11.6. The number of sulfonamides is 1. The third-order valence-electron chi connectivity index (χ3n) is 2.15. The van der Waals surface area contributed by atoms with Gasteiger partial charge in [-0.15, -0.1) is 23.7 Å². The molecule has 9 heteroatoms. The van der Waals surface area contributed by atoms with Crippen LogP contribution < -0.4 is 4.72 Å². The fourth-order valence-electron chi connectivity index (χ4n) is 1.37. The average Bonchev–Trinajstić information content (AvgIpc) is 2.63. The Morgan fingerprint density at radius 2 is 2.06 bits per heavy atom. The molecule has 1 aromatic rings. The van der Waals surface area contributed by atoms with Gasteiger partial charge in [0.15, 0.2) is 0 Å². The normalized spacial score (nSPS) is 17.2. The van der Waals surface area contributed by atoms with Crippen LogP contribution in [-0.4, -0.2) is 23.9 Å². The molecule has 0 amide bonds. The van der Waals surface area contributed by atoms with Crippen LogP contribution in [0.25, 0.3) is 0 Å². The van der Waals surface area contributed by atoms with Gasteiger partial charge in [0.1, 0.15) is 8.42 Å². The molecule has 0 aliphatic carbocycles. The Bertz CT molecular complexity index is 657. The second-order valence-corrected chi connectivity index (χ2v) is 8.40. The van der Waals surface area contributed by atoms with Crippen molar-refractivity contribution in [3.05, 3.63) is 23.1 Å². The molecule has 1 aliphatic rings. The maximum Gasteiger partial charge on any atom is 0.249 e. The number of allylic oxidation sites excluding steroid dienone is 1. The summed E-state index contributed by atoms with van der Waals surface area (Å²) in [4.78, 5) is 0. The van der Waals surface area contributed by atoms with Crippen molar-refractivity contribution in [1.82, 2.24) is 4.72 Å². The lowest BCUT2D eigenvalue weighted by atomic mass is 10.2. The van der Waals surface area contributed by atoms with E-state index in [2.05, 4.69) is 4.72 Å². The van der Waals surface area contributed by atoms with E-state index in [0.29, 0.717) is 12.0 Å². The third kappa shape index (κ3) is 2.55. The summed E-state index contributed by atoms with van der Waals surface area (Å²) in [6.45, 7) is 0. The molecule has 0 fully saturated rings. The molecule has 1 aliphatic heterocycles. The molecule has 0 aromatic carbocycles. The predicted molar refractivity (Wildman–Crippen MR) is 67.8 cm³/mol. The summed E-state index contributed by atoms with van der Waals surface area (Å²) >= 11 is 0.784. The lowest BCUT2D eigenvalue weighted by Gasteiger charge is -2.03. The number of hydrogen-bond donors (Lipinski definition) is 1. The fraction of sp³-hybridized carbons (Fsp3) is 0.250. The van der Waals surface area contributed by atoms with Crippen LogP contribution in [0.15, 0.2) is 26.0 Å². The maximum absolute atomic E-state index is 11.6. The van der Waals surface area contributed by atoms with Gasteiger partial charge < -0.3 is 0 Å². The highest BCUT2D eigenvalue weighted by atomic mass is 35.5. The van der Waals surface area contributed by atoms with Crippen LogP contribution >= 0.6 is 23.7 Å². The van der Waals surface area contributed by atoms with Gasteiger partial charge >= 0.3 is 0 Å². The van der Waals surface area contributed by atoms with Crippen molar-refractivity contribution in [2.45, 2.75) is 14.8 Å². The largest absolute Gasteiger partial charge is 0.249 e. The molecule has 0 saturated carbocycles. The summed E-state index contributed by atoms with van der Waals surface area (Å²) < 4.78 is 48.6. The van der Waals surface area contributed by atoms with Crippen molar-refractivity contribution in [3.8, 4) is 0 Å². The number of thiophene rings is 1. The molecule has 0 atom stereocenters. The number of nitrogens with one attached hydrogen (secondary N) is 1. The zero-order valence-corrected chi connectivity index (χ0v) is 12.0. The lowest BCUT2D eigenvalue weighted by Crippen LogP contribution is -2.17. The summed E-state index contributed by atoms with van der Waals surface area (Å²) in [5.74, 6) is 0. The van der Waals surface area contributed by atoms with Gasteiger partial charge in [-0.3, -0.25) is 0 Å². The molecule has 96 valence electrons. The Balaban J connectivity index is 0.00000144. The van der Waals surface area contributed by atoms with Crippen LogP contribution in [0.2, 0.25) is 0 Å². The van der Waals surface area contributed by atoms with Gasteiger partial charge in [-0.25, -0.2) is 21.6 Å². The van der Waals surface area contributed by atoms with E-state index in [9.17, 15) is 16.8 Å². The Labute approximate surface area is 110 Å². The summed E-state index contributed by atoms with van der Waals surface area (Å²) in [7, 11) is -5.72. The van der Waals surface area contributed by atoms with Crippen LogP contribution in [0.5, 0.6) is 0 Å². The molecule has 0 radical (unpaired) electrons. The van der Waals surface area contributed by atoms with Gasteiger partial charge in [-0.1, -0.05) is 6.08 Å². The third-order valence-corrected chi connectivity index (χ3v) is 7.29. The minimum absolute atomic E-state index is 0. The number of sulfone groups is 1. The average molecular weight is 316 g/mol. The molecule has 1 N–H and O–H groups in total. The first-order chi connectivity index (χ1) is 7.37. The standard InChI is InChI=1S/C8H9NO4S3.ClH/c1-9-16(12,13)7-5-6-3-2-4-15(10,11)8(6)14-7;/h2,4-5,9H,3H2,1H3;1H. The van der Waals surface area contributed by atoms with E-state index < -0.39 is 19.9 Å². The minimum Gasteiger partial charge on any atom is -0.218 e. The Morgan fingerprint density at radius 1 is 1.41 bits per heavy atom. The van der Waals surface area contributed by atoms with Gasteiger partial charge in [-0.2, -0.15) is 0 Å². The summed E-state index contributed by atoms with van der Waals surface area (Å²) in [6, 6.07) is 1.41. The molecule has 1 aromatic heterocycles. The van der Waals surface area contributed by atoms with Crippen LogP contribution in [0.4, 0.5) is 0 Å². The number of fused-ring (bicyclic) bond motifs is 1. The van der Waals surface area contributed by atoms with Crippen molar-refractivity contribution in [3.63, 3.8) is 0 Å². The lowest BCUT2D eigenvalue weighted by molar-refractivity contribution is 0.590. The fourth-order valence-corrected chi connectivity index (χ4v) is 5.50. The highest BCUT2D eigenvalue weighted by Crippen LogP contribution is 2.34. The highest BCUT2D eigenvalue weighted by Gasteiger charge is 2.26. The van der Waals surface area contributed by atoms with Gasteiger partial charge in [0.2, 0.25) is 19.9 Å². The van der Waals surface area contributed by atoms with E-state index in [-0.39, 0.29) is 20.8 Å². The van der Waals surface area contributed by atoms with E-state index in [1.165, 1.54) is 19.2 Å². The van der Waals surface area contributed by atoms with E-state index in [4.69, 9.17) is 0 Å². The van der Waals surface area contributed by atoms with Crippen molar-refractivity contribution < 1.29 is 16.8 Å². The summed E-state index contributed by atoms with van der Waals surface area (Å²) in [5.41, 5.74) is 0.543. The Hall–Kier alpha value is -0.410. The molecule has 5 nitrogen and oxygen atoms in total. The van der Waals surface area contributed by atoms with E-state index >= 15 is 0 Å². The quantitative estimate of drug-likeness (QED) is 0.880. The zero-order chi connectivity index (χ0) is 12.0. The Kier molecular flexibility index (Phi) is 4.04. The first-order valence-corrected chi connectivity index (χ1v) is 8.19. The van der Waals surface area contributed by atoms with Gasteiger partial charge in [0.25, 0.3) is 0 Å². The topological polar surface area (TPSA) is 80.3 Å². The molecule has 2 rings (SSSR count). The SMILES string of the molecule is CNS(=O)(=O)c1cc2c(s1)S(=O)(=O)C=CC2.Cl. The van der Waals surface area contributed by atoms with Crippen molar-refractivity contribution in [2.75, 3.05) is 7.05 Å². The first-order valence-electron chi connectivity index (χ1n) is 4.35. The monoisotopic (exact) mass is 315 g/mol. The zero-order valence-electron chi connectivity index (χ0n) is 8.71. The minimum atomic E-state index is -3.57. The van der Waals surface area contributed by atoms with Crippen LogP contribution in [0, 0.1) is 0 Å². The van der Waals surface area contributed by atoms with Crippen molar-refractivity contribution >= 4 is 43.6 Å². The van der Waals surface area contributed by atoms with E-state index in [0.717, 1.165) is 16.7 Å². The second-order valence-electron chi connectivity index (χ2n) is 3.21. The molecule has 2 heterocycles. The number of halogens is 1. The molecule has 0 saturated heterocycles. The summed E-state index contributed by atoms with van der Waals surface area (Å²) in [6.07, 6.45) is 1.96. The molecule has 0 unspecified atom stereocenters. The van der Waals surface area contributed by atoms with Crippen molar-refractivity contribution in [1.29, 1.82) is 0 Å². The predicted octanol–water partition coefficient (Wildman–Crippen LogP) is 0.922. The van der Waals surface area contributed by atoms with Crippen LogP contribution in [0.3, 0.4) is 0 Å². The smallest absolute Gasteiger partial charge is 0.218 e. The number of rotatable bonds is 2. The van der Waals surface area contributed by atoms with Gasteiger partial charge in [-0.05, 0) is 25.1 Å². The number of hydrogen-bond acceptors (Lipinski definition) is 5. The summed E-state index contributed by atoms with van der Waals surface area (Å²) in [5, 5.41) is 1.11. The van der Waals surface area contributed by atoms with Crippen LogP contribution in [0.1, 0.15) is 5.56 Å². The molecule has 0 spiro atoms. The second kappa shape index (κ2) is 4.69. The first kappa shape index (κ1) is 14.7. The van der Waals surface area contributed by atoms with Crippen molar-refractivity contribution in [2.24, 2.45) is 0 Å². The highest BCUT2D eigenvalue weighted by molar-refractivity contribution is 7.97. The van der Waals surface area contributed by atoms with Crippen LogP contribution in [-0.2, 0) is 26.3 Å².